The minimum absolute atomic E-state index is 0.115. The molecule has 5 heteroatoms. The topological polar surface area (TPSA) is 65.4 Å². The van der Waals surface area contributed by atoms with Gasteiger partial charge in [-0.05, 0) is 18.8 Å². The van der Waals surface area contributed by atoms with Crippen LogP contribution in [0.2, 0.25) is 0 Å². The summed E-state index contributed by atoms with van der Waals surface area (Å²) in [6.07, 6.45) is 5.72. The number of morpholine rings is 1. The molecule has 1 heterocycles. The summed E-state index contributed by atoms with van der Waals surface area (Å²) >= 11 is 0. The Labute approximate surface area is 108 Å². The van der Waals surface area contributed by atoms with Crippen molar-refractivity contribution in [1.82, 2.24) is 10.2 Å². The first-order chi connectivity index (χ1) is 8.81. The lowest BCUT2D eigenvalue weighted by Crippen LogP contribution is -2.50. The molecule has 100 valence electrons. The van der Waals surface area contributed by atoms with Crippen LogP contribution in [-0.4, -0.2) is 43.3 Å². The molecule has 0 aromatic rings. The van der Waals surface area contributed by atoms with Crippen LogP contribution in [-0.2, 0) is 4.74 Å². The van der Waals surface area contributed by atoms with Gasteiger partial charge in [0.25, 0.3) is 0 Å². The van der Waals surface area contributed by atoms with Gasteiger partial charge in [0.05, 0.1) is 19.3 Å². The summed E-state index contributed by atoms with van der Waals surface area (Å²) in [5.41, 5.74) is 0. The standard InChI is InChI=1S/C13H21N3O2/c14-10-12(11-4-2-1-3-5-11)15-13(17)16-6-8-18-9-7-16/h11-12H,1-9H2,(H,15,17). The van der Waals surface area contributed by atoms with E-state index in [2.05, 4.69) is 11.4 Å². The second-order valence-corrected chi connectivity index (χ2v) is 5.05. The fourth-order valence-electron chi connectivity index (χ4n) is 2.71. The predicted octanol–water partition coefficient (Wildman–Crippen LogP) is 1.50. The summed E-state index contributed by atoms with van der Waals surface area (Å²) in [7, 11) is 0. The van der Waals surface area contributed by atoms with Crippen LogP contribution in [0, 0.1) is 17.2 Å². The van der Waals surface area contributed by atoms with Crippen molar-refractivity contribution in [3.8, 4) is 6.07 Å². The van der Waals surface area contributed by atoms with Crippen molar-refractivity contribution in [2.45, 2.75) is 38.1 Å². The van der Waals surface area contributed by atoms with Crippen LogP contribution in [0.15, 0.2) is 0 Å². The summed E-state index contributed by atoms with van der Waals surface area (Å²) in [4.78, 5) is 13.8. The quantitative estimate of drug-likeness (QED) is 0.809. The van der Waals surface area contributed by atoms with Gasteiger partial charge in [-0.2, -0.15) is 5.26 Å². The van der Waals surface area contributed by atoms with Crippen LogP contribution in [0.4, 0.5) is 4.79 Å². The van der Waals surface area contributed by atoms with E-state index < -0.39 is 0 Å². The lowest BCUT2D eigenvalue weighted by molar-refractivity contribution is 0.0522. The molecule has 1 atom stereocenters. The highest BCUT2D eigenvalue weighted by atomic mass is 16.5. The smallest absolute Gasteiger partial charge is 0.318 e. The van der Waals surface area contributed by atoms with Crippen LogP contribution in [0.1, 0.15) is 32.1 Å². The molecular formula is C13H21N3O2. The third kappa shape index (κ3) is 3.36. The van der Waals surface area contributed by atoms with E-state index in [1.54, 1.807) is 4.90 Å². The van der Waals surface area contributed by atoms with Gasteiger partial charge >= 0.3 is 6.03 Å². The largest absolute Gasteiger partial charge is 0.378 e. The Balaban J connectivity index is 1.85. The molecule has 0 bridgehead atoms. The molecule has 5 nitrogen and oxygen atoms in total. The number of urea groups is 1. The fourth-order valence-corrected chi connectivity index (χ4v) is 2.71. The first kappa shape index (κ1) is 13.2. The van der Waals surface area contributed by atoms with E-state index in [9.17, 15) is 10.1 Å². The van der Waals surface area contributed by atoms with Crippen LogP contribution in [0.3, 0.4) is 0 Å². The molecule has 0 aromatic carbocycles. The molecule has 1 aliphatic carbocycles. The molecule has 1 aliphatic heterocycles. The zero-order chi connectivity index (χ0) is 12.8. The van der Waals surface area contributed by atoms with Gasteiger partial charge < -0.3 is 15.0 Å². The number of ether oxygens (including phenoxy) is 1. The molecule has 1 saturated heterocycles. The first-order valence-electron chi connectivity index (χ1n) is 6.84. The Morgan fingerprint density at radius 2 is 1.94 bits per heavy atom. The van der Waals surface area contributed by atoms with Crippen molar-refractivity contribution in [3.05, 3.63) is 0 Å². The summed E-state index contributed by atoms with van der Waals surface area (Å²) in [5.74, 6) is 0.328. The Hall–Kier alpha value is -1.28. The molecule has 0 aromatic heterocycles. The average Bonchev–Trinajstić information content (AvgIpc) is 2.46. The van der Waals surface area contributed by atoms with Crippen molar-refractivity contribution in [1.29, 1.82) is 5.26 Å². The molecule has 18 heavy (non-hydrogen) atoms. The van der Waals surface area contributed by atoms with Gasteiger partial charge in [0.15, 0.2) is 0 Å². The molecule has 1 unspecified atom stereocenters. The molecule has 0 spiro atoms. The van der Waals surface area contributed by atoms with Crippen molar-refractivity contribution < 1.29 is 9.53 Å². The first-order valence-corrected chi connectivity index (χ1v) is 6.84. The number of amides is 2. The Morgan fingerprint density at radius 3 is 2.56 bits per heavy atom. The van der Waals surface area contributed by atoms with E-state index in [-0.39, 0.29) is 12.1 Å². The molecule has 1 saturated carbocycles. The Kier molecular flexibility index (Phi) is 4.82. The highest BCUT2D eigenvalue weighted by molar-refractivity contribution is 5.75. The fraction of sp³-hybridized carbons (Fsp3) is 0.846. The SMILES string of the molecule is N#CC(NC(=O)N1CCOCC1)C1CCCCC1. The monoisotopic (exact) mass is 251 g/mol. The lowest BCUT2D eigenvalue weighted by Gasteiger charge is -2.31. The zero-order valence-corrected chi connectivity index (χ0v) is 10.7. The molecule has 2 fully saturated rings. The zero-order valence-electron chi connectivity index (χ0n) is 10.7. The minimum atomic E-state index is -0.333. The molecule has 1 N–H and O–H groups in total. The van der Waals surface area contributed by atoms with Gasteiger partial charge in [0.2, 0.25) is 0 Å². The van der Waals surface area contributed by atoms with E-state index >= 15 is 0 Å². The van der Waals surface area contributed by atoms with Gasteiger partial charge in [-0.1, -0.05) is 19.3 Å². The van der Waals surface area contributed by atoms with Gasteiger partial charge in [-0.15, -0.1) is 0 Å². The molecular weight excluding hydrogens is 230 g/mol. The van der Waals surface area contributed by atoms with E-state index in [1.165, 1.54) is 19.3 Å². The van der Waals surface area contributed by atoms with E-state index in [0.717, 1.165) is 12.8 Å². The molecule has 2 rings (SSSR count). The van der Waals surface area contributed by atoms with Crippen molar-refractivity contribution in [2.75, 3.05) is 26.3 Å². The number of nitrogens with one attached hydrogen (secondary N) is 1. The van der Waals surface area contributed by atoms with E-state index in [1.807, 2.05) is 0 Å². The van der Waals surface area contributed by atoms with E-state index in [4.69, 9.17) is 4.74 Å². The molecule has 2 amide bonds. The van der Waals surface area contributed by atoms with Crippen LogP contribution in [0.5, 0.6) is 0 Å². The number of nitriles is 1. The number of nitrogens with zero attached hydrogens (tertiary/aromatic N) is 2. The van der Waals surface area contributed by atoms with Crippen LogP contribution >= 0.6 is 0 Å². The molecule has 0 radical (unpaired) electrons. The van der Waals surface area contributed by atoms with Crippen LogP contribution in [0.25, 0.3) is 0 Å². The average molecular weight is 251 g/mol. The third-order valence-electron chi connectivity index (χ3n) is 3.84. The number of carbonyl (C=O) groups is 1. The van der Waals surface area contributed by atoms with Gasteiger partial charge in [0, 0.05) is 13.1 Å². The lowest BCUT2D eigenvalue weighted by atomic mass is 9.84. The second kappa shape index (κ2) is 6.60. The summed E-state index contributed by atoms with van der Waals surface area (Å²) in [6, 6.07) is 1.80. The summed E-state index contributed by atoms with van der Waals surface area (Å²) < 4.78 is 5.21. The maximum absolute atomic E-state index is 12.0. The highest BCUT2D eigenvalue weighted by Gasteiger charge is 2.27. The number of hydrogen-bond acceptors (Lipinski definition) is 3. The van der Waals surface area contributed by atoms with Crippen molar-refractivity contribution in [3.63, 3.8) is 0 Å². The number of carbonyl (C=O) groups excluding carboxylic acids is 1. The maximum Gasteiger partial charge on any atom is 0.318 e. The van der Waals surface area contributed by atoms with Gasteiger partial charge in [0.1, 0.15) is 6.04 Å². The second-order valence-electron chi connectivity index (χ2n) is 5.05. The number of rotatable bonds is 2. The van der Waals surface area contributed by atoms with Crippen molar-refractivity contribution in [2.24, 2.45) is 5.92 Å². The maximum atomic E-state index is 12.0. The summed E-state index contributed by atoms with van der Waals surface area (Å²) in [5, 5.41) is 12.1. The summed E-state index contributed by atoms with van der Waals surface area (Å²) in [6.45, 7) is 2.42. The highest BCUT2D eigenvalue weighted by Crippen LogP contribution is 2.26. The predicted molar refractivity (Wildman–Crippen MR) is 66.9 cm³/mol. The Bertz CT molecular complexity index is 315. The normalized spacial score (nSPS) is 23.2. The van der Waals surface area contributed by atoms with Crippen LogP contribution < -0.4 is 5.32 Å². The third-order valence-corrected chi connectivity index (χ3v) is 3.84. The molecule has 2 aliphatic rings. The number of hydrogen-bond donors (Lipinski definition) is 1. The minimum Gasteiger partial charge on any atom is -0.378 e. The van der Waals surface area contributed by atoms with E-state index in [0.29, 0.717) is 32.2 Å². The van der Waals surface area contributed by atoms with Crippen molar-refractivity contribution >= 4 is 6.03 Å². The van der Waals surface area contributed by atoms with Gasteiger partial charge in [-0.25, -0.2) is 4.79 Å². The Morgan fingerprint density at radius 1 is 1.28 bits per heavy atom. The van der Waals surface area contributed by atoms with Gasteiger partial charge in [-0.3, -0.25) is 0 Å².